The highest BCUT2D eigenvalue weighted by Gasteiger charge is 2.12. The van der Waals surface area contributed by atoms with Gasteiger partial charge in [0.15, 0.2) is 5.69 Å². The van der Waals surface area contributed by atoms with Crippen LogP contribution >= 0.6 is 0 Å². The average Bonchev–Trinajstić information content (AvgIpc) is 2.52. The number of carbonyl (C=O) groups is 1. The normalized spacial score (nSPS) is 11.9. The van der Waals surface area contributed by atoms with E-state index >= 15 is 0 Å². The number of carboxylic acids is 1. The number of aromatic nitrogens is 1. The largest absolute Gasteiger partial charge is 0.477 e. The van der Waals surface area contributed by atoms with Crippen LogP contribution in [0.3, 0.4) is 0 Å². The molecule has 0 saturated carbocycles. The minimum atomic E-state index is -1.05. The molecule has 2 aromatic rings. The summed E-state index contributed by atoms with van der Waals surface area (Å²) < 4.78 is 0. The van der Waals surface area contributed by atoms with E-state index in [1.165, 1.54) is 6.07 Å². The van der Waals surface area contributed by atoms with Crippen molar-refractivity contribution < 1.29 is 15.0 Å². The molecule has 110 valence electrons. The number of carboxylic acid groups (broad SMARTS) is 1. The lowest BCUT2D eigenvalue weighted by atomic mass is 10.0. The highest BCUT2D eigenvalue weighted by atomic mass is 16.4. The fraction of sp³-hybridized carbons (Fsp3) is 0.250. The number of hydrogen-bond donors (Lipinski definition) is 3. The van der Waals surface area contributed by atoms with Gasteiger partial charge < -0.3 is 15.5 Å². The highest BCUT2D eigenvalue weighted by Crippen LogP contribution is 2.23. The molecule has 1 aromatic carbocycles. The second kappa shape index (κ2) is 7.40. The summed E-state index contributed by atoms with van der Waals surface area (Å²) >= 11 is 0. The summed E-state index contributed by atoms with van der Waals surface area (Å²) in [4.78, 5) is 15.0. The van der Waals surface area contributed by atoms with Gasteiger partial charge in [-0.15, -0.1) is 0 Å². The van der Waals surface area contributed by atoms with Crippen LogP contribution in [0.4, 0.5) is 5.82 Å². The molecule has 1 atom stereocenters. The van der Waals surface area contributed by atoms with Crippen LogP contribution in [-0.4, -0.2) is 27.8 Å². The van der Waals surface area contributed by atoms with Crippen molar-refractivity contribution >= 4 is 11.8 Å². The van der Waals surface area contributed by atoms with E-state index in [1.54, 1.807) is 12.1 Å². The molecule has 1 heterocycles. The number of aliphatic hydroxyl groups excluding tert-OH is 1. The first kappa shape index (κ1) is 15.0. The Morgan fingerprint density at radius 3 is 2.57 bits per heavy atom. The number of nitrogens with zero attached hydrogens (tertiary/aromatic N) is 1. The molecular weight excluding hydrogens is 268 g/mol. The highest BCUT2D eigenvalue weighted by molar-refractivity contribution is 5.85. The molecule has 1 aromatic heterocycles. The Labute approximate surface area is 123 Å². The molecule has 0 aliphatic rings. The maximum absolute atomic E-state index is 11.0. The molecule has 0 fully saturated rings. The van der Waals surface area contributed by atoms with E-state index in [2.05, 4.69) is 10.3 Å². The fourth-order valence-corrected chi connectivity index (χ4v) is 2.12. The van der Waals surface area contributed by atoms with Gasteiger partial charge in [-0.1, -0.05) is 36.4 Å². The topological polar surface area (TPSA) is 82.5 Å². The number of hydrogen-bond acceptors (Lipinski definition) is 4. The van der Waals surface area contributed by atoms with Crippen molar-refractivity contribution in [2.45, 2.75) is 18.9 Å². The van der Waals surface area contributed by atoms with Crippen LogP contribution in [0.25, 0.3) is 0 Å². The van der Waals surface area contributed by atoms with Crippen LogP contribution in [0.15, 0.2) is 48.5 Å². The number of aliphatic hydroxyl groups is 1. The molecule has 0 spiro atoms. The minimum absolute atomic E-state index is 0.00831. The molecule has 3 N–H and O–H groups in total. The second-order valence-corrected chi connectivity index (χ2v) is 4.69. The molecule has 1 unspecified atom stereocenters. The summed E-state index contributed by atoms with van der Waals surface area (Å²) in [6, 6.07) is 14.7. The van der Waals surface area contributed by atoms with Crippen molar-refractivity contribution in [3.8, 4) is 0 Å². The lowest BCUT2D eigenvalue weighted by Gasteiger charge is -2.19. The third-order valence-corrected chi connectivity index (χ3v) is 3.14. The molecule has 5 heteroatoms. The van der Waals surface area contributed by atoms with E-state index in [1.807, 2.05) is 30.3 Å². The first-order valence-corrected chi connectivity index (χ1v) is 6.83. The van der Waals surface area contributed by atoms with Crippen molar-refractivity contribution in [2.75, 3.05) is 11.9 Å². The summed E-state index contributed by atoms with van der Waals surface area (Å²) in [5.74, 6) is -0.535. The van der Waals surface area contributed by atoms with Gasteiger partial charge >= 0.3 is 5.97 Å². The van der Waals surface area contributed by atoms with Crippen molar-refractivity contribution in [1.29, 1.82) is 0 Å². The van der Waals surface area contributed by atoms with E-state index in [0.717, 1.165) is 12.0 Å². The number of nitrogens with one attached hydrogen (secondary N) is 1. The van der Waals surface area contributed by atoms with E-state index in [0.29, 0.717) is 12.2 Å². The molecule has 0 amide bonds. The van der Waals surface area contributed by atoms with Gasteiger partial charge in [0.1, 0.15) is 5.82 Å². The predicted octanol–water partition coefficient (Wildman–Crippen LogP) is 2.71. The summed E-state index contributed by atoms with van der Waals surface area (Å²) in [7, 11) is 0. The van der Waals surface area contributed by atoms with Crippen molar-refractivity contribution in [2.24, 2.45) is 0 Å². The molecule has 21 heavy (non-hydrogen) atoms. The zero-order chi connectivity index (χ0) is 15.1. The van der Waals surface area contributed by atoms with Crippen LogP contribution in [0.1, 0.15) is 34.9 Å². The molecular formula is C16H18N2O3. The predicted molar refractivity (Wildman–Crippen MR) is 80.3 cm³/mol. The first-order chi connectivity index (χ1) is 10.2. The molecule has 5 nitrogen and oxygen atoms in total. The number of pyridine rings is 1. The Balaban J connectivity index is 2.18. The maximum atomic E-state index is 11.0. The van der Waals surface area contributed by atoms with Crippen LogP contribution in [0.5, 0.6) is 0 Å². The zero-order valence-electron chi connectivity index (χ0n) is 11.6. The van der Waals surface area contributed by atoms with E-state index < -0.39 is 5.97 Å². The smallest absolute Gasteiger partial charge is 0.354 e. The van der Waals surface area contributed by atoms with Gasteiger partial charge in [0.05, 0.1) is 6.04 Å². The van der Waals surface area contributed by atoms with E-state index in [4.69, 9.17) is 10.2 Å². The molecule has 0 aliphatic heterocycles. The summed E-state index contributed by atoms with van der Waals surface area (Å²) in [5.41, 5.74) is 1.09. The SMILES string of the molecule is O=C(O)c1cccc(NC(CCCO)c2ccccc2)n1. The van der Waals surface area contributed by atoms with Gasteiger partial charge in [-0.25, -0.2) is 9.78 Å². The van der Waals surface area contributed by atoms with Crippen LogP contribution < -0.4 is 5.32 Å². The Hall–Kier alpha value is -2.40. The van der Waals surface area contributed by atoms with Gasteiger partial charge in [0, 0.05) is 6.61 Å². The maximum Gasteiger partial charge on any atom is 0.354 e. The minimum Gasteiger partial charge on any atom is -0.477 e. The Kier molecular flexibility index (Phi) is 5.29. The lowest BCUT2D eigenvalue weighted by molar-refractivity contribution is 0.0690. The van der Waals surface area contributed by atoms with Crippen LogP contribution in [-0.2, 0) is 0 Å². The molecule has 0 radical (unpaired) electrons. The van der Waals surface area contributed by atoms with E-state index in [9.17, 15) is 4.79 Å². The summed E-state index contributed by atoms with van der Waals surface area (Å²) in [6.07, 6.45) is 1.39. The van der Waals surface area contributed by atoms with Gasteiger partial charge in [0.2, 0.25) is 0 Å². The average molecular weight is 286 g/mol. The van der Waals surface area contributed by atoms with Crippen molar-refractivity contribution in [3.05, 3.63) is 59.8 Å². The quantitative estimate of drug-likeness (QED) is 0.729. The fourth-order valence-electron chi connectivity index (χ4n) is 2.12. The molecule has 0 saturated heterocycles. The number of rotatable bonds is 7. The van der Waals surface area contributed by atoms with Gasteiger partial charge in [-0.2, -0.15) is 0 Å². The van der Waals surface area contributed by atoms with Gasteiger partial charge in [0.25, 0.3) is 0 Å². The summed E-state index contributed by atoms with van der Waals surface area (Å²) in [5, 5.41) is 21.2. The Bertz CT molecular complexity index is 587. The zero-order valence-corrected chi connectivity index (χ0v) is 11.6. The number of anilines is 1. The third-order valence-electron chi connectivity index (χ3n) is 3.14. The standard InChI is InChI=1S/C16H18N2O3/c19-11-5-9-13(12-6-2-1-3-7-12)17-15-10-4-8-14(18-15)16(20)21/h1-4,6-8,10,13,19H,5,9,11H2,(H,17,18)(H,20,21). The van der Waals surface area contributed by atoms with E-state index in [-0.39, 0.29) is 18.3 Å². The molecule has 0 bridgehead atoms. The molecule has 2 rings (SSSR count). The van der Waals surface area contributed by atoms with Crippen molar-refractivity contribution in [3.63, 3.8) is 0 Å². The number of aromatic carboxylic acids is 1. The third kappa shape index (κ3) is 4.29. The number of benzene rings is 1. The van der Waals surface area contributed by atoms with Crippen molar-refractivity contribution in [1.82, 2.24) is 4.98 Å². The molecule has 0 aliphatic carbocycles. The van der Waals surface area contributed by atoms with Crippen LogP contribution in [0, 0.1) is 0 Å². The Morgan fingerprint density at radius 2 is 1.90 bits per heavy atom. The summed E-state index contributed by atoms with van der Waals surface area (Å²) in [6.45, 7) is 0.119. The second-order valence-electron chi connectivity index (χ2n) is 4.69. The van der Waals surface area contributed by atoms with Crippen LogP contribution in [0.2, 0.25) is 0 Å². The monoisotopic (exact) mass is 286 g/mol. The first-order valence-electron chi connectivity index (χ1n) is 6.83. The lowest BCUT2D eigenvalue weighted by Crippen LogP contribution is -2.13. The Morgan fingerprint density at radius 1 is 1.14 bits per heavy atom. The van der Waals surface area contributed by atoms with Gasteiger partial charge in [-0.05, 0) is 30.5 Å². The van der Waals surface area contributed by atoms with Gasteiger partial charge in [-0.3, -0.25) is 0 Å².